The summed E-state index contributed by atoms with van der Waals surface area (Å²) in [5, 5.41) is 3.50. The van der Waals surface area contributed by atoms with E-state index < -0.39 is 6.17 Å². The predicted octanol–water partition coefficient (Wildman–Crippen LogP) is 3.97. The number of methoxy groups -OCH3 is 1. The lowest BCUT2D eigenvalue weighted by atomic mass is 10.0. The maximum atomic E-state index is 13.7. The number of rotatable bonds is 3. The molecule has 8 nitrogen and oxygen atoms in total. The van der Waals surface area contributed by atoms with E-state index in [1.165, 1.54) is 0 Å². The molecule has 0 aliphatic carbocycles. The van der Waals surface area contributed by atoms with E-state index in [9.17, 15) is 4.79 Å². The van der Waals surface area contributed by atoms with Crippen LogP contribution in [0.3, 0.4) is 0 Å². The molecule has 0 radical (unpaired) electrons. The molecule has 0 spiro atoms. The highest BCUT2D eigenvalue weighted by Crippen LogP contribution is 2.46. The molecule has 0 fully saturated rings. The lowest BCUT2D eigenvalue weighted by Crippen LogP contribution is -2.43. The van der Waals surface area contributed by atoms with Gasteiger partial charge in [0.05, 0.1) is 18.4 Å². The standard InChI is InChI=1S/C24H20N2O6/c1-28-20-10-14(11-21-22(20)30-9-8-29-21)23-25-17-5-3-2-4-16(17)24(27)26(23)15-6-7-18-19(12-15)32-13-31-18/h2-7,10-12,23,25H,8-9,13H2,1H3. The van der Waals surface area contributed by atoms with E-state index >= 15 is 0 Å². The smallest absolute Gasteiger partial charge is 0.262 e. The van der Waals surface area contributed by atoms with Crippen LogP contribution in [-0.4, -0.2) is 33.0 Å². The quantitative estimate of drug-likeness (QED) is 0.671. The van der Waals surface area contributed by atoms with Crippen LogP contribution in [0.15, 0.2) is 54.6 Å². The molecule has 0 saturated carbocycles. The van der Waals surface area contributed by atoms with Crippen LogP contribution in [0, 0.1) is 0 Å². The van der Waals surface area contributed by atoms with E-state index in [1.54, 1.807) is 12.0 Å². The number of anilines is 2. The molecule has 3 aliphatic rings. The molecule has 1 N–H and O–H groups in total. The van der Waals surface area contributed by atoms with Crippen LogP contribution in [0.4, 0.5) is 11.4 Å². The normalized spacial score (nSPS) is 18.1. The lowest BCUT2D eigenvalue weighted by molar-refractivity contribution is 0.0974. The molecule has 0 saturated heterocycles. The molecular formula is C24H20N2O6. The summed E-state index contributed by atoms with van der Waals surface area (Å²) in [4.78, 5) is 15.4. The zero-order valence-corrected chi connectivity index (χ0v) is 17.3. The first-order valence-corrected chi connectivity index (χ1v) is 10.3. The summed E-state index contributed by atoms with van der Waals surface area (Å²) < 4.78 is 28.1. The number of amides is 1. The Hall–Kier alpha value is -4.07. The Morgan fingerprint density at radius 3 is 2.69 bits per heavy atom. The van der Waals surface area contributed by atoms with Gasteiger partial charge in [-0.15, -0.1) is 0 Å². The van der Waals surface area contributed by atoms with Gasteiger partial charge >= 0.3 is 0 Å². The highest BCUT2D eigenvalue weighted by Gasteiger charge is 2.36. The maximum Gasteiger partial charge on any atom is 0.262 e. The molecule has 32 heavy (non-hydrogen) atoms. The van der Waals surface area contributed by atoms with Crippen molar-refractivity contribution in [3.05, 3.63) is 65.7 Å². The van der Waals surface area contributed by atoms with Crippen molar-refractivity contribution in [2.24, 2.45) is 0 Å². The van der Waals surface area contributed by atoms with Gasteiger partial charge in [0.15, 0.2) is 23.0 Å². The average molecular weight is 432 g/mol. The molecule has 1 amide bonds. The van der Waals surface area contributed by atoms with Gasteiger partial charge < -0.3 is 29.0 Å². The van der Waals surface area contributed by atoms with Crippen LogP contribution < -0.4 is 33.9 Å². The Balaban J connectivity index is 1.51. The fraction of sp³-hybridized carbons (Fsp3) is 0.208. The molecule has 0 bridgehead atoms. The number of ether oxygens (including phenoxy) is 5. The Labute approximate surface area is 184 Å². The number of fused-ring (bicyclic) bond motifs is 3. The SMILES string of the molecule is COc1cc(C2Nc3ccccc3C(=O)N2c2ccc3c(c2)OCO3)cc2c1OCCO2. The molecule has 8 heteroatoms. The number of para-hydroxylation sites is 1. The van der Waals surface area contributed by atoms with Crippen molar-refractivity contribution in [1.29, 1.82) is 0 Å². The van der Waals surface area contributed by atoms with Gasteiger partial charge in [-0.05, 0) is 36.4 Å². The van der Waals surface area contributed by atoms with Crippen molar-refractivity contribution in [3.8, 4) is 28.7 Å². The number of hydrogen-bond acceptors (Lipinski definition) is 7. The second-order valence-corrected chi connectivity index (χ2v) is 7.55. The molecule has 3 aromatic carbocycles. The van der Waals surface area contributed by atoms with Crippen LogP contribution in [0.5, 0.6) is 28.7 Å². The van der Waals surface area contributed by atoms with Crippen molar-refractivity contribution in [3.63, 3.8) is 0 Å². The number of hydrogen-bond donors (Lipinski definition) is 1. The van der Waals surface area contributed by atoms with Crippen molar-refractivity contribution in [2.75, 3.05) is 37.3 Å². The fourth-order valence-electron chi connectivity index (χ4n) is 4.24. The third kappa shape index (κ3) is 2.87. The molecule has 162 valence electrons. The van der Waals surface area contributed by atoms with Crippen LogP contribution in [0.2, 0.25) is 0 Å². The minimum Gasteiger partial charge on any atom is -0.493 e. The summed E-state index contributed by atoms with van der Waals surface area (Å²) >= 11 is 0. The summed E-state index contributed by atoms with van der Waals surface area (Å²) in [6, 6.07) is 16.7. The van der Waals surface area contributed by atoms with E-state index in [2.05, 4.69) is 5.32 Å². The maximum absolute atomic E-state index is 13.7. The van der Waals surface area contributed by atoms with Gasteiger partial charge in [0, 0.05) is 17.3 Å². The first kappa shape index (κ1) is 18.7. The average Bonchev–Trinajstić information content (AvgIpc) is 3.31. The number of benzene rings is 3. The van der Waals surface area contributed by atoms with E-state index in [-0.39, 0.29) is 12.7 Å². The molecule has 3 aromatic rings. The first-order valence-electron chi connectivity index (χ1n) is 10.3. The minimum absolute atomic E-state index is 0.128. The largest absolute Gasteiger partial charge is 0.493 e. The van der Waals surface area contributed by atoms with Crippen molar-refractivity contribution < 1.29 is 28.5 Å². The Morgan fingerprint density at radius 1 is 0.938 bits per heavy atom. The van der Waals surface area contributed by atoms with Crippen LogP contribution in [-0.2, 0) is 0 Å². The second-order valence-electron chi connectivity index (χ2n) is 7.55. The highest BCUT2D eigenvalue weighted by molar-refractivity contribution is 6.12. The third-order valence-electron chi connectivity index (χ3n) is 5.73. The van der Waals surface area contributed by atoms with Crippen molar-refractivity contribution in [2.45, 2.75) is 6.17 Å². The van der Waals surface area contributed by atoms with Crippen LogP contribution in [0.25, 0.3) is 0 Å². The third-order valence-corrected chi connectivity index (χ3v) is 5.73. The van der Waals surface area contributed by atoms with Gasteiger partial charge in [-0.1, -0.05) is 12.1 Å². The summed E-state index contributed by atoms with van der Waals surface area (Å²) in [7, 11) is 1.59. The van der Waals surface area contributed by atoms with E-state index in [0.29, 0.717) is 53.2 Å². The van der Waals surface area contributed by atoms with E-state index in [1.807, 2.05) is 54.6 Å². The molecule has 1 unspecified atom stereocenters. The topological polar surface area (TPSA) is 78.5 Å². The minimum atomic E-state index is -0.512. The Morgan fingerprint density at radius 2 is 1.78 bits per heavy atom. The summed E-state index contributed by atoms with van der Waals surface area (Å²) in [5.74, 6) is 2.84. The number of nitrogens with zero attached hydrogens (tertiary/aromatic N) is 1. The Kier molecular flexibility index (Phi) is 4.24. The van der Waals surface area contributed by atoms with Crippen LogP contribution in [0.1, 0.15) is 22.1 Å². The van der Waals surface area contributed by atoms with Crippen molar-refractivity contribution in [1.82, 2.24) is 0 Å². The lowest BCUT2D eigenvalue weighted by Gasteiger charge is -2.38. The van der Waals surface area contributed by atoms with Crippen LogP contribution >= 0.6 is 0 Å². The molecule has 0 aromatic heterocycles. The predicted molar refractivity (Wildman–Crippen MR) is 116 cm³/mol. The molecular weight excluding hydrogens is 412 g/mol. The highest BCUT2D eigenvalue weighted by atomic mass is 16.7. The van der Waals surface area contributed by atoms with E-state index in [0.717, 1.165) is 11.3 Å². The summed E-state index contributed by atoms with van der Waals surface area (Å²) in [5.41, 5.74) is 2.83. The van der Waals surface area contributed by atoms with Gasteiger partial charge in [-0.25, -0.2) is 0 Å². The van der Waals surface area contributed by atoms with Crippen molar-refractivity contribution >= 4 is 17.3 Å². The van der Waals surface area contributed by atoms with E-state index in [4.69, 9.17) is 23.7 Å². The number of carbonyl (C=O) groups is 1. The van der Waals surface area contributed by atoms with Gasteiger partial charge in [0.2, 0.25) is 12.5 Å². The summed E-state index contributed by atoms with van der Waals surface area (Å²) in [6.07, 6.45) is -0.512. The zero-order chi connectivity index (χ0) is 21.7. The van der Waals surface area contributed by atoms with Gasteiger partial charge in [0.25, 0.3) is 5.91 Å². The molecule has 1 atom stereocenters. The zero-order valence-electron chi connectivity index (χ0n) is 17.3. The second kappa shape index (κ2) is 7.26. The van der Waals surface area contributed by atoms with Gasteiger partial charge in [0.1, 0.15) is 19.4 Å². The summed E-state index contributed by atoms with van der Waals surface area (Å²) in [6.45, 7) is 1.07. The molecule has 3 aliphatic heterocycles. The molecule has 3 heterocycles. The Bertz CT molecular complexity index is 1210. The first-order chi connectivity index (χ1) is 15.7. The fourth-order valence-corrected chi connectivity index (χ4v) is 4.24. The monoisotopic (exact) mass is 432 g/mol. The number of carbonyl (C=O) groups excluding carboxylic acids is 1. The molecule has 6 rings (SSSR count). The van der Waals surface area contributed by atoms with Gasteiger partial charge in [-0.3, -0.25) is 9.69 Å². The number of nitrogens with one attached hydrogen (secondary N) is 1. The van der Waals surface area contributed by atoms with Gasteiger partial charge in [-0.2, -0.15) is 0 Å².